The van der Waals surface area contributed by atoms with Crippen molar-refractivity contribution in [2.75, 3.05) is 19.6 Å². The molecule has 0 aliphatic heterocycles. The van der Waals surface area contributed by atoms with E-state index in [1.54, 1.807) is 0 Å². The van der Waals surface area contributed by atoms with Crippen LogP contribution in [-0.4, -0.2) is 24.5 Å². The molecule has 254 valence electrons. The lowest BCUT2D eigenvalue weighted by Gasteiger charge is -2.22. The first-order chi connectivity index (χ1) is 20.2. The molecule has 0 atom stereocenters. The molecule has 0 heterocycles. The van der Waals surface area contributed by atoms with Crippen LogP contribution in [0.4, 0.5) is 0 Å². The lowest BCUT2D eigenvalue weighted by atomic mass is 10.0. The van der Waals surface area contributed by atoms with Crippen molar-refractivity contribution in [1.29, 1.82) is 0 Å². The molecule has 0 rings (SSSR count). The maximum absolute atomic E-state index is 4.20. The first-order valence-corrected chi connectivity index (χ1v) is 19.6. The second-order valence-corrected chi connectivity index (χ2v) is 13.8. The van der Waals surface area contributed by atoms with Crippen LogP contribution in [-0.2, 0) is 0 Å². The Morgan fingerprint density at radius 3 is 0.738 bits per heavy atom. The average Bonchev–Trinajstić information content (AvgIpc) is 2.96. The molecule has 0 N–H and O–H groups in total. The second-order valence-electron chi connectivity index (χ2n) is 13.8. The van der Waals surface area contributed by atoms with E-state index < -0.39 is 0 Å². The van der Waals surface area contributed by atoms with Gasteiger partial charge in [0.25, 0.3) is 0 Å². The predicted molar refractivity (Wildman–Crippen MR) is 198 cm³/mol. The molecule has 0 aromatic rings. The van der Waals surface area contributed by atoms with Crippen LogP contribution in [0.15, 0.2) is 12.2 Å². The molecule has 0 saturated carbocycles. The van der Waals surface area contributed by atoms with Crippen molar-refractivity contribution >= 4 is 12.4 Å². The van der Waals surface area contributed by atoms with E-state index in [0.29, 0.717) is 0 Å². The van der Waals surface area contributed by atoms with Crippen molar-refractivity contribution in [3.05, 3.63) is 12.2 Å². The maximum Gasteiger partial charge on any atom is 0.0187 e. The molecule has 1 nitrogen and oxygen atoms in total. The van der Waals surface area contributed by atoms with Gasteiger partial charge in [-0.05, 0) is 32.9 Å². The number of hydrogen-bond donors (Lipinski definition) is 0. The molecule has 0 aromatic carbocycles. The van der Waals surface area contributed by atoms with Gasteiger partial charge in [0.2, 0.25) is 0 Å². The van der Waals surface area contributed by atoms with Crippen molar-refractivity contribution in [1.82, 2.24) is 4.90 Å². The summed E-state index contributed by atoms with van der Waals surface area (Å²) in [5, 5.41) is 0. The van der Waals surface area contributed by atoms with Gasteiger partial charge in [0.05, 0.1) is 0 Å². The minimum absolute atomic E-state index is 0. The van der Waals surface area contributed by atoms with E-state index in [2.05, 4.69) is 32.3 Å². The molecule has 0 aliphatic rings. The zero-order valence-corrected chi connectivity index (χ0v) is 30.6. The first-order valence-electron chi connectivity index (χ1n) is 19.6. The molecule has 0 aliphatic carbocycles. The summed E-state index contributed by atoms with van der Waals surface area (Å²) in [6, 6.07) is 0. The quantitative estimate of drug-likeness (QED) is 0.0503. The van der Waals surface area contributed by atoms with Crippen LogP contribution in [0.5, 0.6) is 0 Å². The van der Waals surface area contributed by atoms with E-state index in [-0.39, 0.29) is 12.4 Å². The molecule has 0 amide bonds. The standard InChI is InChI=1S/C40H81N.ClH/c1-5-7-9-11-13-15-17-19-21-23-25-27-29-31-33-35-37-41(39-40(3)4)38-36-34-32-30-28-26-24-22-20-18-16-14-12-10-8-6-2;/h3,5-39H2,1-2,4H3;1H. The van der Waals surface area contributed by atoms with Gasteiger partial charge >= 0.3 is 0 Å². The third-order valence-electron chi connectivity index (χ3n) is 9.15. The Morgan fingerprint density at radius 1 is 0.357 bits per heavy atom. The zero-order valence-electron chi connectivity index (χ0n) is 29.8. The van der Waals surface area contributed by atoms with Crippen molar-refractivity contribution in [3.63, 3.8) is 0 Å². The van der Waals surface area contributed by atoms with Crippen LogP contribution in [0.2, 0.25) is 0 Å². The molecule has 0 unspecified atom stereocenters. The van der Waals surface area contributed by atoms with Gasteiger partial charge < -0.3 is 0 Å². The molecule has 42 heavy (non-hydrogen) atoms. The summed E-state index contributed by atoms with van der Waals surface area (Å²) in [6.07, 6.45) is 46.5. The highest BCUT2D eigenvalue weighted by atomic mass is 35.5. The number of nitrogens with zero attached hydrogens (tertiary/aromatic N) is 1. The Bertz CT molecular complexity index is 454. The summed E-state index contributed by atoms with van der Waals surface area (Å²) < 4.78 is 0. The van der Waals surface area contributed by atoms with Crippen molar-refractivity contribution in [2.45, 2.75) is 226 Å². The molecular weight excluding hydrogens is 530 g/mol. The first kappa shape index (κ1) is 44.1. The summed E-state index contributed by atoms with van der Waals surface area (Å²) in [5.74, 6) is 0. The second kappa shape index (κ2) is 39.0. The van der Waals surface area contributed by atoms with Gasteiger partial charge in [-0.25, -0.2) is 0 Å². The van der Waals surface area contributed by atoms with Crippen molar-refractivity contribution < 1.29 is 0 Å². The van der Waals surface area contributed by atoms with Crippen LogP contribution in [0.3, 0.4) is 0 Å². The zero-order chi connectivity index (χ0) is 29.9. The van der Waals surface area contributed by atoms with Gasteiger partial charge in [-0.3, -0.25) is 4.90 Å². The minimum Gasteiger partial charge on any atom is -0.299 e. The summed E-state index contributed by atoms with van der Waals surface area (Å²) in [7, 11) is 0. The highest BCUT2D eigenvalue weighted by Gasteiger charge is 2.05. The van der Waals surface area contributed by atoms with E-state index >= 15 is 0 Å². The monoisotopic (exact) mass is 612 g/mol. The smallest absolute Gasteiger partial charge is 0.0187 e. The van der Waals surface area contributed by atoms with Gasteiger partial charge in [0, 0.05) is 6.54 Å². The Morgan fingerprint density at radius 2 is 0.548 bits per heavy atom. The number of hydrogen-bond acceptors (Lipinski definition) is 1. The maximum atomic E-state index is 4.20. The van der Waals surface area contributed by atoms with Gasteiger partial charge in [0.1, 0.15) is 0 Å². The minimum atomic E-state index is 0. The SMILES string of the molecule is C=C(C)CN(CCCCCCCCCCCCCCCCCC)CCCCCCCCCCCCCCCCCC.Cl. The molecule has 0 spiro atoms. The van der Waals surface area contributed by atoms with Gasteiger partial charge in [-0.2, -0.15) is 0 Å². The summed E-state index contributed by atoms with van der Waals surface area (Å²) in [6.45, 7) is 14.7. The van der Waals surface area contributed by atoms with E-state index in [0.717, 1.165) is 6.54 Å². The van der Waals surface area contributed by atoms with E-state index in [1.807, 2.05) is 0 Å². The Kier molecular flexibility index (Phi) is 41.0. The van der Waals surface area contributed by atoms with Gasteiger partial charge in [-0.15, -0.1) is 12.4 Å². The van der Waals surface area contributed by atoms with E-state index in [1.165, 1.54) is 224 Å². The lowest BCUT2D eigenvalue weighted by Crippen LogP contribution is -2.27. The third-order valence-corrected chi connectivity index (χ3v) is 9.15. The highest BCUT2D eigenvalue weighted by molar-refractivity contribution is 5.85. The van der Waals surface area contributed by atoms with Gasteiger partial charge in [-0.1, -0.05) is 219 Å². The molecule has 0 bridgehead atoms. The third kappa shape index (κ3) is 38.0. The highest BCUT2D eigenvalue weighted by Crippen LogP contribution is 2.16. The van der Waals surface area contributed by atoms with Crippen LogP contribution >= 0.6 is 12.4 Å². The largest absolute Gasteiger partial charge is 0.299 e. The molecule has 0 fully saturated rings. The van der Waals surface area contributed by atoms with Crippen LogP contribution in [0.1, 0.15) is 226 Å². The molecule has 0 radical (unpaired) electrons. The fourth-order valence-electron chi connectivity index (χ4n) is 6.42. The average molecular weight is 613 g/mol. The fraction of sp³-hybridized carbons (Fsp3) is 0.950. The molecular formula is C40H82ClN. The van der Waals surface area contributed by atoms with Crippen LogP contribution < -0.4 is 0 Å². The molecule has 0 saturated heterocycles. The van der Waals surface area contributed by atoms with Crippen LogP contribution in [0.25, 0.3) is 0 Å². The normalized spacial score (nSPS) is 11.3. The molecule has 0 aromatic heterocycles. The van der Waals surface area contributed by atoms with E-state index in [9.17, 15) is 0 Å². The molecule has 2 heteroatoms. The Balaban J connectivity index is 0. The van der Waals surface area contributed by atoms with E-state index in [4.69, 9.17) is 0 Å². The van der Waals surface area contributed by atoms with Crippen LogP contribution in [0, 0.1) is 0 Å². The number of rotatable bonds is 36. The Labute approximate surface area is 274 Å². The van der Waals surface area contributed by atoms with Crippen molar-refractivity contribution in [2.24, 2.45) is 0 Å². The number of unbranched alkanes of at least 4 members (excludes halogenated alkanes) is 30. The predicted octanol–water partition coefficient (Wildman–Crippen LogP) is 14.8. The Hall–Kier alpha value is -0.0100. The topological polar surface area (TPSA) is 3.24 Å². The lowest BCUT2D eigenvalue weighted by molar-refractivity contribution is 0.280. The van der Waals surface area contributed by atoms with Gasteiger partial charge in [0.15, 0.2) is 0 Å². The summed E-state index contributed by atoms with van der Waals surface area (Å²) in [4.78, 5) is 2.69. The fourth-order valence-corrected chi connectivity index (χ4v) is 6.42. The summed E-state index contributed by atoms with van der Waals surface area (Å²) in [5.41, 5.74) is 1.33. The number of halogens is 1. The summed E-state index contributed by atoms with van der Waals surface area (Å²) >= 11 is 0. The van der Waals surface area contributed by atoms with Crippen molar-refractivity contribution in [3.8, 4) is 0 Å².